The third-order valence-corrected chi connectivity index (χ3v) is 3.58. The number of hydrazone groups is 1. The molecule has 1 amide bonds. The van der Waals surface area contributed by atoms with Crippen LogP contribution < -0.4 is 20.0 Å². The Hall–Kier alpha value is -3.62. The highest BCUT2D eigenvalue weighted by Gasteiger charge is 2.12. The molecule has 9 nitrogen and oxygen atoms in total. The van der Waals surface area contributed by atoms with Crippen molar-refractivity contribution in [3.05, 3.63) is 57.6 Å². The summed E-state index contributed by atoms with van der Waals surface area (Å²) in [6.45, 7) is 1.79. The topological polar surface area (TPSA) is 126 Å². The van der Waals surface area contributed by atoms with Crippen LogP contribution in [0.1, 0.15) is 18.1 Å². The zero-order valence-electron chi connectivity index (χ0n) is 14.8. The smallest absolute Gasteiger partial charge is 0.277 e. The van der Waals surface area contributed by atoms with Crippen LogP contribution in [-0.2, 0) is 11.2 Å². The minimum atomic E-state index is -0.828. The molecule has 0 radical (unpaired) electrons. The number of carbonyl (C=O) groups excluding carboxylic acids is 1. The van der Waals surface area contributed by atoms with Gasteiger partial charge in [-0.1, -0.05) is 19.1 Å². The summed E-state index contributed by atoms with van der Waals surface area (Å²) in [5.41, 5.74) is 2.99. The van der Waals surface area contributed by atoms with Gasteiger partial charge in [-0.2, -0.15) is 5.10 Å². The molecule has 0 atom stereocenters. The second kappa shape index (κ2) is 9.18. The van der Waals surface area contributed by atoms with Gasteiger partial charge in [0.05, 0.1) is 18.2 Å². The fraction of sp³-hybridized carbons (Fsp3) is 0.222. The molecule has 9 heteroatoms. The highest BCUT2D eigenvalue weighted by molar-refractivity contribution is 5.85. The van der Waals surface area contributed by atoms with Gasteiger partial charge in [0.1, 0.15) is 11.5 Å². The van der Waals surface area contributed by atoms with E-state index in [1.54, 1.807) is 12.1 Å². The third kappa shape index (κ3) is 5.43. The summed E-state index contributed by atoms with van der Waals surface area (Å²) in [6, 6.07) is 9.69. The van der Waals surface area contributed by atoms with E-state index in [1.807, 2.05) is 19.1 Å². The van der Waals surface area contributed by atoms with E-state index in [4.69, 9.17) is 9.47 Å². The third-order valence-electron chi connectivity index (χ3n) is 3.58. The minimum Gasteiger partial charge on any atom is -0.865 e. The van der Waals surface area contributed by atoms with Gasteiger partial charge in [-0.15, -0.1) is 0 Å². The highest BCUT2D eigenvalue weighted by atomic mass is 16.6. The lowest BCUT2D eigenvalue weighted by atomic mass is 10.2. The first kappa shape index (κ1) is 19.7. The number of aryl methyl sites for hydroxylation is 1. The molecule has 0 aromatic heterocycles. The lowest BCUT2D eigenvalue weighted by Crippen LogP contribution is -2.24. The Bertz CT molecular complexity index is 849. The molecule has 0 aliphatic rings. The van der Waals surface area contributed by atoms with E-state index in [-0.39, 0.29) is 17.9 Å². The first-order chi connectivity index (χ1) is 12.9. The van der Waals surface area contributed by atoms with Gasteiger partial charge in [-0.05, 0) is 30.2 Å². The highest BCUT2D eigenvalue weighted by Crippen LogP contribution is 2.33. The van der Waals surface area contributed by atoms with E-state index < -0.39 is 22.3 Å². The number of benzene rings is 2. The van der Waals surface area contributed by atoms with Crippen molar-refractivity contribution in [2.24, 2.45) is 5.10 Å². The van der Waals surface area contributed by atoms with Gasteiger partial charge in [-0.25, -0.2) is 5.43 Å². The number of hydrogen-bond acceptors (Lipinski definition) is 7. The number of ether oxygens (including phenoxy) is 2. The molecule has 2 rings (SSSR count). The summed E-state index contributed by atoms with van der Waals surface area (Å²) in [5, 5.41) is 26.3. The summed E-state index contributed by atoms with van der Waals surface area (Å²) < 4.78 is 10.2. The molecule has 0 unspecified atom stereocenters. The molecule has 142 valence electrons. The van der Waals surface area contributed by atoms with Gasteiger partial charge >= 0.3 is 0 Å². The largest absolute Gasteiger partial charge is 0.865 e. The van der Waals surface area contributed by atoms with Crippen molar-refractivity contribution in [1.82, 2.24) is 5.43 Å². The van der Waals surface area contributed by atoms with Gasteiger partial charge in [-0.3, -0.25) is 14.9 Å². The molecule has 2 aromatic rings. The lowest BCUT2D eigenvalue weighted by Gasteiger charge is -2.12. The van der Waals surface area contributed by atoms with Gasteiger partial charge in [0.2, 0.25) is 0 Å². The second-order valence-corrected chi connectivity index (χ2v) is 5.41. The zero-order chi connectivity index (χ0) is 19.8. The number of nitro groups is 1. The van der Waals surface area contributed by atoms with Crippen molar-refractivity contribution >= 4 is 17.8 Å². The van der Waals surface area contributed by atoms with Crippen LogP contribution in [0.5, 0.6) is 17.2 Å². The Morgan fingerprint density at radius 2 is 2.00 bits per heavy atom. The number of carbonyl (C=O) groups is 1. The first-order valence-electron chi connectivity index (χ1n) is 8.01. The monoisotopic (exact) mass is 372 g/mol. The molecule has 2 aromatic carbocycles. The summed E-state index contributed by atoms with van der Waals surface area (Å²) in [6.07, 6.45) is 2.08. The van der Waals surface area contributed by atoms with Crippen LogP contribution in [0.15, 0.2) is 41.5 Å². The van der Waals surface area contributed by atoms with Crippen molar-refractivity contribution < 1.29 is 24.3 Å². The fourth-order valence-corrected chi connectivity index (χ4v) is 2.15. The van der Waals surface area contributed by atoms with Crippen molar-refractivity contribution in [3.8, 4) is 17.2 Å². The standard InChI is InChI=1S/C18H19N3O6/c1-3-12-4-6-14(7-5-12)27-11-17(22)20-19-10-13-8-15(21(24)25)18(23)16(9-13)26-2/h4-10,23H,3,11H2,1-2H3,(H,20,22)/p-1/b19-10-. The predicted octanol–water partition coefficient (Wildman–Crippen LogP) is 1.77. The Labute approximate surface area is 155 Å². The van der Waals surface area contributed by atoms with Crippen LogP contribution in [0.4, 0.5) is 5.69 Å². The van der Waals surface area contributed by atoms with Crippen molar-refractivity contribution in [2.45, 2.75) is 13.3 Å². The maximum Gasteiger partial charge on any atom is 0.277 e. The van der Waals surface area contributed by atoms with E-state index in [2.05, 4.69) is 10.5 Å². The summed E-state index contributed by atoms with van der Waals surface area (Å²) >= 11 is 0. The second-order valence-electron chi connectivity index (χ2n) is 5.41. The predicted molar refractivity (Wildman–Crippen MR) is 96.1 cm³/mol. The Kier molecular flexibility index (Phi) is 6.70. The van der Waals surface area contributed by atoms with Crippen LogP contribution in [0.2, 0.25) is 0 Å². The van der Waals surface area contributed by atoms with Crippen molar-refractivity contribution in [3.63, 3.8) is 0 Å². The molecule has 0 saturated carbocycles. The van der Waals surface area contributed by atoms with Crippen molar-refractivity contribution in [1.29, 1.82) is 0 Å². The number of hydrogen-bond donors (Lipinski definition) is 1. The number of methoxy groups -OCH3 is 1. The molecule has 0 aliphatic carbocycles. The molecule has 1 N–H and O–H groups in total. The van der Waals surface area contributed by atoms with Gasteiger partial charge < -0.3 is 14.6 Å². The Balaban J connectivity index is 1.94. The zero-order valence-corrected chi connectivity index (χ0v) is 14.8. The average molecular weight is 372 g/mol. The number of amides is 1. The molecule has 0 saturated heterocycles. The molecule has 0 bridgehead atoms. The van der Waals surface area contributed by atoms with Crippen LogP contribution in [0.25, 0.3) is 0 Å². The summed E-state index contributed by atoms with van der Waals surface area (Å²) in [7, 11) is 1.23. The van der Waals surface area contributed by atoms with Gasteiger partial charge in [0, 0.05) is 17.4 Å². The SMILES string of the molecule is CCc1ccc(OCC(=O)N/N=C\c2cc(OC)c([O-])c([N+](=O)[O-])c2)cc1. The van der Waals surface area contributed by atoms with Crippen LogP contribution >= 0.6 is 0 Å². The number of nitrogens with zero attached hydrogens (tertiary/aromatic N) is 2. The number of nitrogens with one attached hydrogen (secondary N) is 1. The molecule has 0 aliphatic heterocycles. The van der Waals surface area contributed by atoms with Crippen LogP contribution in [0, 0.1) is 10.1 Å². The Morgan fingerprint density at radius 1 is 1.30 bits per heavy atom. The molecule has 27 heavy (non-hydrogen) atoms. The average Bonchev–Trinajstić information content (AvgIpc) is 2.67. The number of rotatable bonds is 8. The van der Waals surface area contributed by atoms with Crippen LogP contribution in [-0.4, -0.2) is 30.8 Å². The van der Waals surface area contributed by atoms with Gasteiger partial charge in [0.25, 0.3) is 11.6 Å². The van der Waals surface area contributed by atoms with E-state index in [0.717, 1.165) is 18.1 Å². The van der Waals surface area contributed by atoms with E-state index in [1.165, 1.54) is 19.4 Å². The fourth-order valence-electron chi connectivity index (χ4n) is 2.15. The Morgan fingerprint density at radius 3 is 2.59 bits per heavy atom. The maximum absolute atomic E-state index is 11.7. The molecule has 0 spiro atoms. The summed E-state index contributed by atoms with van der Waals surface area (Å²) in [4.78, 5) is 21.8. The summed E-state index contributed by atoms with van der Waals surface area (Å²) in [5.74, 6) is -0.965. The van der Waals surface area contributed by atoms with E-state index in [9.17, 15) is 20.0 Å². The lowest BCUT2D eigenvalue weighted by molar-refractivity contribution is -0.398. The quantitative estimate of drug-likeness (QED) is 0.427. The van der Waals surface area contributed by atoms with Crippen LogP contribution in [0.3, 0.4) is 0 Å². The van der Waals surface area contributed by atoms with Gasteiger partial charge in [0.15, 0.2) is 6.61 Å². The molecular weight excluding hydrogens is 354 g/mol. The first-order valence-corrected chi connectivity index (χ1v) is 8.01. The van der Waals surface area contributed by atoms with E-state index in [0.29, 0.717) is 5.75 Å². The number of nitro benzene ring substituents is 1. The van der Waals surface area contributed by atoms with E-state index >= 15 is 0 Å². The molecular formula is C18H18N3O6-. The van der Waals surface area contributed by atoms with Crippen molar-refractivity contribution in [2.75, 3.05) is 13.7 Å². The molecule has 0 heterocycles. The maximum atomic E-state index is 11.7. The minimum absolute atomic E-state index is 0.184. The molecule has 0 fully saturated rings. The normalized spacial score (nSPS) is 10.6.